The van der Waals surface area contributed by atoms with Gasteiger partial charge >= 0.3 is 0 Å². The van der Waals surface area contributed by atoms with Crippen LogP contribution in [0.4, 0.5) is 5.82 Å². The van der Waals surface area contributed by atoms with Gasteiger partial charge in [-0.3, -0.25) is 9.69 Å². The van der Waals surface area contributed by atoms with Crippen LogP contribution < -0.4 is 10.1 Å². The second-order valence-electron chi connectivity index (χ2n) is 9.19. The average molecular weight is 467 g/mol. The fourth-order valence-corrected chi connectivity index (χ4v) is 3.80. The van der Waals surface area contributed by atoms with Crippen molar-refractivity contribution in [3.05, 3.63) is 53.8 Å². The number of fused-ring (bicyclic) bond motifs is 1. The topological polar surface area (TPSA) is 109 Å². The van der Waals surface area contributed by atoms with Crippen molar-refractivity contribution in [2.24, 2.45) is 5.16 Å². The lowest BCUT2D eigenvalue weighted by Crippen LogP contribution is -2.38. The van der Waals surface area contributed by atoms with Gasteiger partial charge in [-0.2, -0.15) is 0 Å². The lowest BCUT2D eigenvalue weighted by Gasteiger charge is -2.26. The van der Waals surface area contributed by atoms with Gasteiger partial charge in [0.1, 0.15) is 18.1 Å². The number of hydrogen-bond donors (Lipinski definition) is 2. The number of aromatic nitrogens is 1. The summed E-state index contributed by atoms with van der Waals surface area (Å²) >= 11 is 0. The Morgan fingerprint density at radius 3 is 2.59 bits per heavy atom. The molecule has 0 unspecified atom stereocenters. The van der Waals surface area contributed by atoms with E-state index in [1.807, 2.05) is 45.0 Å². The van der Waals surface area contributed by atoms with Crippen LogP contribution in [0.5, 0.6) is 5.75 Å². The van der Waals surface area contributed by atoms with Crippen molar-refractivity contribution >= 4 is 28.2 Å². The first-order valence-corrected chi connectivity index (χ1v) is 11.3. The van der Waals surface area contributed by atoms with E-state index >= 15 is 0 Å². The number of carbonyl (C=O) groups is 1. The predicted octanol–water partition coefficient (Wildman–Crippen LogP) is 3.65. The van der Waals surface area contributed by atoms with E-state index in [0.717, 1.165) is 43.6 Å². The maximum absolute atomic E-state index is 12.9. The number of rotatable bonds is 7. The number of benzene rings is 2. The van der Waals surface area contributed by atoms with Gasteiger partial charge in [-0.1, -0.05) is 55.3 Å². The van der Waals surface area contributed by atoms with Crippen LogP contribution in [0.2, 0.25) is 0 Å². The second-order valence-corrected chi connectivity index (χ2v) is 9.19. The third-order valence-corrected chi connectivity index (χ3v) is 5.71. The van der Waals surface area contributed by atoms with Crippen LogP contribution >= 0.6 is 0 Å². The SMILES string of the molecule is CC(C)(C)c1cc(NC(=O)C(=NO)c2ccc(OCCN3CCOCC3)c3ccccc23)no1. The molecule has 34 heavy (non-hydrogen) atoms. The van der Waals surface area contributed by atoms with Gasteiger partial charge in [-0.15, -0.1) is 0 Å². The molecule has 1 aromatic heterocycles. The van der Waals surface area contributed by atoms with Gasteiger partial charge in [0.2, 0.25) is 0 Å². The molecule has 0 saturated carbocycles. The maximum Gasteiger partial charge on any atom is 0.279 e. The monoisotopic (exact) mass is 466 g/mol. The third-order valence-electron chi connectivity index (χ3n) is 5.71. The van der Waals surface area contributed by atoms with Crippen LogP contribution in [0.25, 0.3) is 10.8 Å². The minimum atomic E-state index is -0.595. The molecule has 1 amide bonds. The van der Waals surface area contributed by atoms with Crippen molar-refractivity contribution in [2.45, 2.75) is 26.2 Å². The summed E-state index contributed by atoms with van der Waals surface area (Å²) in [6, 6.07) is 12.7. The minimum Gasteiger partial charge on any atom is -0.492 e. The molecule has 2 heterocycles. The normalized spacial score (nSPS) is 15.4. The quantitative estimate of drug-likeness (QED) is 0.311. The number of carbonyl (C=O) groups excluding carboxylic acids is 1. The Morgan fingerprint density at radius 1 is 1.18 bits per heavy atom. The highest BCUT2D eigenvalue weighted by Crippen LogP contribution is 2.30. The van der Waals surface area contributed by atoms with Crippen molar-refractivity contribution in [1.29, 1.82) is 0 Å². The Balaban J connectivity index is 1.52. The van der Waals surface area contributed by atoms with Crippen LogP contribution in [0.3, 0.4) is 0 Å². The van der Waals surface area contributed by atoms with Gasteiger partial charge in [-0.05, 0) is 17.5 Å². The molecule has 0 bridgehead atoms. The Labute approximate surface area is 198 Å². The fourth-order valence-electron chi connectivity index (χ4n) is 3.80. The summed E-state index contributed by atoms with van der Waals surface area (Å²) in [6.07, 6.45) is 0. The van der Waals surface area contributed by atoms with E-state index in [9.17, 15) is 10.0 Å². The number of hydrogen-bond acceptors (Lipinski definition) is 8. The van der Waals surface area contributed by atoms with E-state index in [1.54, 1.807) is 18.2 Å². The van der Waals surface area contributed by atoms with Crippen molar-refractivity contribution < 1.29 is 24.0 Å². The van der Waals surface area contributed by atoms with Crippen molar-refractivity contribution in [3.8, 4) is 5.75 Å². The van der Waals surface area contributed by atoms with Gasteiger partial charge in [-0.25, -0.2) is 0 Å². The highest BCUT2D eigenvalue weighted by molar-refractivity contribution is 6.50. The van der Waals surface area contributed by atoms with Crippen LogP contribution in [0, 0.1) is 0 Å². The summed E-state index contributed by atoms with van der Waals surface area (Å²) in [5, 5.41) is 21.1. The highest BCUT2D eigenvalue weighted by Gasteiger charge is 2.23. The van der Waals surface area contributed by atoms with Gasteiger partial charge in [0.15, 0.2) is 11.5 Å². The standard InChI is InChI=1S/C25H30N4O5/c1-25(2,3)21-16-22(28-34-21)26-24(30)23(27-31)19-8-9-20(18-7-5-4-6-17(18)19)33-15-12-29-10-13-32-14-11-29/h4-9,16,31H,10-15H2,1-3H3,(H,26,28,30). The summed E-state index contributed by atoms with van der Waals surface area (Å²) < 4.78 is 16.8. The Morgan fingerprint density at radius 2 is 1.91 bits per heavy atom. The molecular formula is C25H30N4O5. The molecule has 3 aromatic rings. The van der Waals surface area contributed by atoms with E-state index in [0.29, 0.717) is 23.7 Å². The summed E-state index contributed by atoms with van der Waals surface area (Å²) in [6.45, 7) is 10.6. The highest BCUT2D eigenvalue weighted by atomic mass is 16.5. The molecule has 9 nitrogen and oxygen atoms in total. The molecule has 1 saturated heterocycles. The van der Waals surface area contributed by atoms with Crippen LogP contribution in [0.15, 0.2) is 52.1 Å². The van der Waals surface area contributed by atoms with Gasteiger partial charge in [0.25, 0.3) is 5.91 Å². The maximum atomic E-state index is 12.9. The lowest BCUT2D eigenvalue weighted by molar-refractivity contribution is -0.110. The number of nitrogens with one attached hydrogen (secondary N) is 1. The molecular weight excluding hydrogens is 436 g/mol. The first kappa shape index (κ1) is 23.7. The molecule has 1 fully saturated rings. The van der Waals surface area contributed by atoms with E-state index in [4.69, 9.17) is 14.0 Å². The molecule has 1 aliphatic rings. The van der Waals surface area contributed by atoms with E-state index in [2.05, 4.69) is 20.5 Å². The molecule has 9 heteroatoms. The molecule has 2 N–H and O–H groups in total. The summed E-state index contributed by atoms with van der Waals surface area (Å²) in [7, 11) is 0. The van der Waals surface area contributed by atoms with Crippen molar-refractivity contribution in [2.75, 3.05) is 44.8 Å². The number of oxime groups is 1. The summed E-state index contributed by atoms with van der Waals surface area (Å²) in [5.41, 5.74) is 0.101. The van der Waals surface area contributed by atoms with Crippen molar-refractivity contribution in [3.63, 3.8) is 0 Å². The minimum absolute atomic E-state index is 0.128. The molecule has 4 rings (SSSR count). The molecule has 2 aromatic carbocycles. The summed E-state index contributed by atoms with van der Waals surface area (Å²) in [5.74, 6) is 0.997. The largest absolute Gasteiger partial charge is 0.492 e. The average Bonchev–Trinajstić information content (AvgIpc) is 3.30. The number of amides is 1. The molecule has 0 spiro atoms. The zero-order valence-electron chi connectivity index (χ0n) is 19.7. The second kappa shape index (κ2) is 10.2. The predicted molar refractivity (Wildman–Crippen MR) is 129 cm³/mol. The number of morpholine rings is 1. The van der Waals surface area contributed by atoms with E-state index < -0.39 is 5.91 Å². The summed E-state index contributed by atoms with van der Waals surface area (Å²) in [4.78, 5) is 15.2. The fraction of sp³-hybridized carbons (Fsp3) is 0.400. The Hall–Kier alpha value is -3.43. The van der Waals surface area contributed by atoms with Gasteiger partial charge < -0.3 is 24.5 Å². The number of ether oxygens (including phenoxy) is 2. The zero-order valence-corrected chi connectivity index (χ0v) is 19.7. The first-order chi connectivity index (χ1) is 16.4. The van der Waals surface area contributed by atoms with E-state index in [1.165, 1.54) is 0 Å². The van der Waals surface area contributed by atoms with E-state index in [-0.39, 0.29) is 16.9 Å². The Bertz CT molecular complexity index is 1180. The molecule has 180 valence electrons. The molecule has 0 radical (unpaired) electrons. The molecule has 0 atom stereocenters. The first-order valence-electron chi connectivity index (χ1n) is 11.3. The molecule has 1 aliphatic heterocycles. The van der Waals surface area contributed by atoms with Gasteiger partial charge in [0, 0.05) is 42.1 Å². The van der Waals surface area contributed by atoms with Crippen LogP contribution in [-0.4, -0.2) is 66.3 Å². The number of anilines is 1. The smallest absolute Gasteiger partial charge is 0.279 e. The zero-order chi connectivity index (χ0) is 24.1. The Kier molecular flexibility index (Phi) is 7.14. The van der Waals surface area contributed by atoms with Gasteiger partial charge in [0.05, 0.1) is 13.2 Å². The van der Waals surface area contributed by atoms with Crippen LogP contribution in [0.1, 0.15) is 32.1 Å². The van der Waals surface area contributed by atoms with Crippen molar-refractivity contribution in [1.82, 2.24) is 10.1 Å². The molecule has 0 aliphatic carbocycles. The van der Waals surface area contributed by atoms with Crippen LogP contribution in [-0.2, 0) is 14.9 Å². The lowest BCUT2D eigenvalue weighted by atomic mass is 9.93. The number of nitrogens with zero attached hydrogens (tertiary/aromatic N) is 3. The third kappa shape index (κ3) is 5.37.